The van der Waals surface area contributed by atoms with Crippen molar-refractivity contribution >= 4 is 23.9 Å². The summed E-state index contributed by atoms with van der Waals surface area (Å²) in [6, 6.07) is 16.4. The highest BCUT2D eigenvalue weighted by atomic mass is 16.5. The van der Waals surface area contributed by atoms with E-state index in [0.717, 1.165) is 23.1 Å². The van der Waals surface area contributed by atoms with Gasteiger partial charge >= 0.3 is 11.9 Å². The molecule has 0 aromatic heterocycles. The summed E-state index contributed by atoms with van der Waals surface area (Å²) in [7, 11) is 0. The minimum atomic E-state index is -1.02. The van der Waals surface area contributed by atoms with Crippen LogP contribution in [0.1, 0.15) is 83.3 Å². The third kappa shape index (κ3) is 11.8. The molecule has 1 amide bonds. The van der Waals surface area contributed by atoms with Gasteiger partial charge in [0.15, 0.2) is 0 Å². The lowest BCUT2D eigenvalue weighted by molar-refractivity contribution is -0.148. The average molecular weight is 522 g/mol. The molecule has 0 aliphatic carbocycles. The molecule has 0 saturated carbocycles. The highest BCUT2D eigenvalue weighted by molar-refractivity contribution is 5.81. The number of esters is 1. The fourth-order valence-electron chi connectivity index (χ4n) is 4.37. The summed E-state index contributed by atoms with van der Waals surface area (Å²) in [4.78, 5) is 35.4. The van der Waals surface area contributed by atoms with Gasteiger partial charge in [-0.25, -0.2) is 0 Å². The van der Waals surface area contributed by atoms with Crippen molar-refractivity contribution in [2.75, 3.05) is 6.61 Å². The van der Waals surface area contributed by atoms with E-state index in [2.05, 4.69) is 60.8 Å². The van der Waals surface area contributed by atoms with Gasteiger partial charge < -0.3 is 15.2 Å². The van der Waals surface area contributed by atoms with Crippen LogP contribution in [0, 0.1) is 5.92 Å². The SMILES string of the molecule is CCCCCC/C=C\c1cccc(-c2ccc(C[C@H](C[C@@H](C)C(=O)OCC)NC(=O)CCC(=O)O)cc2)c1. The molecule has 0 unspecified atom stereocenters. The van der Waals surface area contributed by atoms with Crippen LogP contribution in [0.15, 0.2) is 54.6 Å². The van der Waals surface area contributed by atoms with Gasteiger partial charge in [0, 0.05) is 12.5 Å². The number of unbranched alkanes of at least 4 members (excludes halogenated alkanes) is 4. The van der Waals surface area contributed by atoms with Gasteiger partial charge in [-0.2, -0.15) is 0 Å². The van der Waals surface area contributed by atoms with Crippen LogP contribution in [-0.4, -0.2) is 35.6 Å². The number of benzene rings is 2. The Labute approximate surface area is 227 Å². The largest absolute Gasteiger partial charge is 0.481 e. The summed E-state index contributed by atoms with van der Waals surface area (Å²) in [5, 5.41) is 11.8. The monoisotopic (exact) mass is 521 g/mol. The first-order valence-electron chi connectivity index (χ1n) is 13.9. The van der Waals surface area contributed by atoms with E-state index in [-0.39, 0.29) is 36.7 Å². The number of aliphatic carboxylic acids is 1. The van der Waals surface area contributed by atoms with Crippen LogP contribution in [0.3, 0.4) is 0 Å². The second kappa shape index (κ2) is 17.2. The topological polar surface area (TPSA) is 92.7 Å². The Morgan fingerprint density at radius 3 is 2.42 bits per heavy atom. The van der Waals surface area contributed by atoms with Gasteiger partial charge in [0.2, 0.25) is 5.91 Å². The summed E-state index contributed by atoms with van der Waals surface area (Å²) in [5.41, 5.74) is 4.45. The second-order valence-electron chi connectivity index (χ2n) is 9.83. The Balaban J connectivity index is 2.06. The maximum Gasteiger partial charge on any atom is 0.308 e. The first-order valence-corrected chi connectivity index (χ1v) is 13.9. The Morgan fingerprint density at radius 1 is 0.974 bits per heavy atom. The zero-order chi connectivity index (χ0) is 27.8. The van der Waals surface area contributed by atoms with Crippen LogP contribution in [0.2, 0.25) is 0 Å². The number of nitrogens with one attached hydrogen (secondary N) is 1. The number of carbonyl (C=O) groups is 3. The predicted molar refractivity (Wildman–Crippen MR) is 153 cm³/mol. The Bertz CT molecular complexity index is 1040. The third-order valence-electron chi connectivity index (χ3n) is 6.45. The molecule has 6 nitrogen and oxygen atoms in total. The number of rotatable bonds is 17. The van der Waals surface area contributed by atoms with Crippen molar-refractivity contribution in [1.82, 2.24) is 5.32 Å². The van der Waals surface area contributed by atoms with Crippen molar-refractivity contribution in [1.29, 1.82) is 0 Å². The zero-order valence-corrected chi connectivity index (χ0v) is 23.1. The average Bonchev–Trinajstić information content (AvgIpc) is 2.90. The summed E-state index contributed by atoms with van der Waals surface area (Å²) in [5.74, 6) is -2.04. The number of carbonyl (C=O) groups excluding carboxylic acids is 2. The molecule has 0 fully saturated rings. The summed E-state index contributed by atoms with van der Waals surface area (Å²) in [6.45, 7) is 6.07. The minimum Gasteiger partial charge on any atom is -0.481 e. The van der Waals surface area contributed by atoms with Crippen molar-refractivity contribution in [3.63, 3.8) is 0 Å². The van der Waals surface area contributed by atoms with Gasteiger partial charge in [-0.3, -0.25) is 14.4 Å². The molecule has 0 radical (unpaired) electrons. The molecule has 0 heterocycles. The lowest BCUT2D eigenvalue weighted by Gasteiger charge is -2.22. The fraction of sp³-hybridized carbons (Fsp3) is 0.469. The number of carboxylic acid groups (broad SMARTS) is 1. The van der Waals surface area contributed by atoms with Gasteiger partial charge in [0.25, 0.3) is 0 Å². The highest BCUT2D eigenvalue weighted by Gasteiger charge is 2.22. The van der Waals surface area contributed by atoms with E-state index in [1.165, 1.54) is 31.2 Å². The fourth-order valence-corrected chi connectivity index (χ4v) is 4.37. The molecule has 2 N–H and O–H groups in total. The minimum absolute atomic E-state index is 0.0952. The maximum absolute atomic E-state index is 12.3. The van der Waals surface area contributed by atoms with Crippen LogP contribution >= 0.6 is 0 Å². The highest BCUT2D eigenvalue weighted by Crippen LogP contribution is 2.23. The zero-order valence-electron chi connectivity index (χ0n) is 23.1. The Hall–Kier alpha value is -3.41. The van der Waals surface area contributed by atoms with E-state index in [4.69, 9.17) is 9.84 Å². The quantitative estimate of drug-likeness (QED) is 0.176. The third-order valence-corrected chi connectivity index (χ3v) is 6.45. The normalized spacial score (nSPS) is 12.7. The standard InChI is InChI=1S/C32H43NO5/c1-4-6-7-8-9-10-12-25-13-11-14-28(22-25)27-17-15-26(16-18-27)23-29(21-24(3)32(37)38-5-2)33-30(34)19-20-31(35)36/h10-18,22,24,29H,4-9,19-21,23H2,1-3H3,(H,33,34)(H,35,36)/b12-10-/t24-,29+/m1/s1. The number of hydrogen-bond donors (Lipinski definition) is 2. The van der Waals surface area contributed by atoms with Crippen molar-refractivity contribution in [3.05, 3.63) is 65.7 Å². The molecular weight excluding hydrogens is 478 g/mol. The number of allylic oxidation sites excluding steroid dienone is 1. The maximum atomic E-state index is 12.3. The van der Waals surface area contributed by atoms with Gasteiger partial charge in [-0.05, 0) is 60.9 Å². The molecule has 206 valence electrons. The molecule has 0 spiro atoms. The van der Waals surface area contributed by atoms with Crippen molar-refractivity contribution in [2.45, 2.75) is 84.6 Å². The van der Waals surface area contributed by atoms with Gasteiger partial charge in [0.05, 0.1) is 18.9 Å². The van der Waals surface area contributed by atoms with E-state index >= 15 is 0 Å². The molecular formula is C32H43NO5. The molecule has 2 aromatic carbocycles. The Kier molecular flexibility index (Phi) is 13.9. The Morgan fingerprint density at radius 2 is 1.74 bits per heavy atom. The van der Waals surface area contributed by atoms with E-state index in [1.807, 2.05) is 12.1 Å². The van der Waals surface area contributed by atoms with E-state index < -0.39 is 5.97 Å². The smallest absolute Gasteiger partial charge is 0.308 e. The van der Waals surface area contributed by atoms with Crippen molar-refractivity contribution in [3.8, 4) is 11.1 Å². The molecule has 2 aromatic rings. The van der Waals surface area contributed by atoms with Gasteiger partial charge in [-0.15, -0.1) is 0 Å². The van der Waals surface area contributed by atoms with E-state index in [9.17, 15) is 14.4 Å². The second-order valence-corrected chi connectivity index (χ2v) is 9.83. The summed E-state index contributed by atoms with van der Waals surface area (Å²) < 4.78 is 5.13. The van der Waals surface area contributed by atoms with Crippen LogP contribution in [0.4, 0.5) is 0 Å². The molecule has 2 rings (SSSR count). The molecule has 0 bridgehead atoms. The summed E-state index contributed by atoms with van der Waals surface area (Å²) >= 11 is 0. The number of hydrogen-bond acceptors (Lipinski definition) is 4. The van der Waals surface area contributed by atoms with Crippen molar-refractivity contribution < 1.29 is 24.2 Å². The van der Waals surface area contributed by atoms with Crippen LogP contribution in [0.5, 0.6) is 0 Å². The molecule has 38 heavy (non-hydrogen) atoms. The van der Waals surface area contributed by atoms with Crippen LogP contribution in [-0.2, 0) is 25.5 Å². The molecule has 0 aliphatic rings. The number of ether oxygens (including phenoxy) is 1. The lowest BCUT2D eigenvalue weighted by Crippen LogP contribution is -2.39. The molecule has 0 aliphatic heterocycles. The molecule has 2 atom stereocenters. The lowest BCUT2D eigenvalue weighted by atomic mass is 9.94. The van der Waals surface area contributed by atoms with Gasteiger partial charge in [0.1, 0.15) is 0 Å². The van der Waals surface area contributed by atoms with Crippen molar-refractivity contribution in [2.24, 2.45) is 5.92 Å². The molecule has 0 saturated heterocycles. The first-order chi connectivity index (χ1) is 18.3. The van der Waals surface area contributed by atoms with Gasteiger partial charge in [-0.1, -0.05) is 87.7 Å². The summed E-state index contributed by atoms with van der Waals surface area (Å²) in [6.07, 6.45) is 11.2. The van der Waals surface area contributed by atoms with E-state index in [1.54, 1.807) is 13.8 Å². The number of amides is 1. The predicted octanol–water partition coefficient (Wildman–Crippen LogP) is 6.82. The number of carboxylic acids is 1. The first kappa shape index (κ1) is 30.8. The molecule has 6 heteroatoms. The van der Waals surface area contributed by atoms with E-state index in [0.29, 0.717) is 19.4 Å². The van der Waals surface area contributed by atoms with Crippen LogP contribution < -0.4 is 5.32 Å². The van der Waals surface area contributed by atoms with Crippen LogP contribution in [0.25, 0.3) is 17.2 Å².